The lowest BCUT2D eigenvalue weighted by Crippen LogP contribution is -2.04. The van der Waals surface area contributed by atoms with Crippen molar-refractivity contribution in [1.82, 2.24) is 15.0 Å². The summed E-state index contributed by atoms with van der Waals surface area (Å²) >= 11 is 1.69. The highest BCUT2D eigenvalue weighted by molar-refractivity contribution is 7.98. The molecule has 2 heterocycles. The van der Waals surface area contributed by atoms with E-state index >= 15 is 0 Å². The van der Waals surface area contributed by atoms with Crippen molar-refractivity contribution in [2.75, 3.05) is 11.6 Å². The van der Waals surface area contributed by atoms with Gasteiger partial charge in [-0.2, -0.15) is 0 Å². The van der Waals surface area contributed by atoms with Gasteiger partial charge in [-0.1, -0.05) is 12.1 Å². The second kappa shape index (κ2) is 7.76. The molecule has 0 bridgehead atoms. The summed E-state index contributed by atoms with van der Waals surface area (Å²) in [4.78, 5) is 25.1. The molecular weight excluding hydrogens is 336 g/mol. The van der Waals surface area contributed by atoms with Crippen LogP contribution in [0.5, 0.6) is 0 Å². The highest BCUT2D eigenvalue weighted by Gasteiger charge is 2.08. The number of hydrogen-bond acceptors (Lipinski definition) is 6. The molecule has 25 heavy (non-hydrogen) atoms. The Kier molecular flexibility index (Phi) is 5.25. The fourth-order valence-corrected chi connectivity index (χ4v) is 2.74. The molecule has 0 aliphatic carbocycles. The molecule has 0 unspecified atom stereocenters. The molecule has 7 heteroatoms. The molecule has 2 N–H and O–H groups in total. The van der Waals surface area contributed by atoms with Gasteiger partial charge in [0.1, 0.15) is 0 Å². The summed E-state index contributed by atoms with van der Waals surface area (Å²) in [6, 6.07) is 12.9. The standard InChI is InChI=1S/C18H16N4O2S/c1-25-14-4-2-3-12(9-14)11-21-18-20-8-6-15(22-18)16-10-13(17(23)24)5-7-19-16/h2-10H,11H2,1H3,(H,23,24)(H,20,21,22). The molecule has 0 amide bonds. The van der Waals surface area contributed by atoms with Crippen LogP contribution in [0, 0.1) is 0 Å². The lowest BCUT2D eigenvalue weighted by molar-refractivity contribution is 0.0697. The van der Waals surface area contributed by atoms with Crippen LogP contribution in [0.1, 0.15) is 15.9 Å². The molecule has 126 valence electrons. The van der Waals surface area contributed by atoms with Gasteiger partial charge in [-0.25, -0.2) is 14.8 Å². The minimum absolute atomic E-state index is 0.173. The highest BCUT2D eigenvalue weighted by atomic mass is 32.2. The van der Waals surface area contributed by atoms with Crippen molar-refractivity contribution in [2.24, 2.45) is 0 Å². The Bertz CT molecular complexity index is 902. The molecule has 3 rings (SSSR count). The zero-order chi connectivity index (χ0) is 17.6. The average molecular weight is 352 g/mol. The Labute approximate surface area is 149 Å². The molecule has 0 radical (unpaired) electrons. The quantitative estimate of drug-likeness (QED) is 0.656. The van der Waals surface area contributed by atoms with Gasteiger partial charge in [-0.3, -0.25) is 4.98 Å². The molecule has 0 fully saturated rings. The summed E-state index contributed by atoms with van der Waals surface area (Å²) in [5, 5.41) is 12.3. The normalized spacial score (nSPS) is 10.4. The first-order valence-electron chi connectivity index (χ1n) is 7.55. The minimum atomic E-state index is -0.996. The lowest BCUT2D eigenvalue weighted by atomic mass is 10.2. The molecule has 6 nitrogen and oxygen atoms in total. The fraction of sp³-hybridized carbons (Fsp3) is 0.111. The van der Waals surface area contributed by atoms with Crippen LogP contribution in [-0.2, 0) is 6.54 Å². The molecule has 0 aliphatic heterocycles. The third-order valence-electron chi connectivity index (χ3n) is 3.51. The predicted molar refractivity (Wildman–Crippen MR) is 97.8 cm³/mol. The smallest absolute Gasteiger partial charge is 0.335 e. The first-order valence-corrected chi connectivity index (χ1v) is 8.78. The van der Waals surface area contributed by atoms with Crippen LogP contribution in [0.4, 0.5) is 5.95 Å². The molecular formula is C18H16N4O2S. The molecule has 0 spiro atoms. The molecule has 3 aromatic rings. The number of carbonyl (C=O) groups is 1. The van der Waals surface area contributed by atoms with Gasteiger partial charge in [0, 0.05) is 23.8 Å². The maximum absolute atomic E-state index is 11.1. The summed E-state index contributed by atoms with van der Waals surface area (Å²) in [6.45, 7) is 0.598. The van der Waals surface area contributed by atoms with Gasteiger partial charge in [0.2, 0.25) is 5.95 Å². The lowest BCUT2D eigenvalue weighted by Gasteiger charge is -2.07. The van der Waals surface area contributed by atoms with Crippen molar-refractivity contribution in [3.8, 4) is 11.4 Å². The van der Waals surface area contributed by atoms with Crippen molar-refractivity contribution in [3.05, 3.63) is 66.0 Å². The van der Waals surface area contributed by atoms with E-state index in [2.05, 4.69) is 32.4 Å². The number of anilines is 1. The number of benzene rings is 1. The molecule has 0 saturated carbocycles. The Balaban J connectivity index is 1.77. The number of hydrogen-bond donors (Lipinski definition) is 2. The van der Waals surface area contributed by atoms with E-state index in [1.54, 1.807) is 24.0 Å². The van der Waals surface area contributed by atoms with Gasteiger partial charge in [0.25, 0.3) is 0 Å². The van der Waals surface area contributed by atoms with Gasteiger partial charge < -0.3 is 10.4 Å². The summed E-state index contributed by atoms with van der Waals surface area (Å²) in [5.41, 5.74) is 2.37. The third-order valence-corrected chi connectivity index (χ3v) is 4.24. The topological polar surface area (TPSA) is 88.0 Å². The molecule has 0 aliphatic rings. The Morgan fingerprint density at radius 2 is 1.96 bits per heavy atom. The van der Waals surface area contributed by atoms with Crippen LogP contribution in [-0.4, -0.2) is 32.3 Å². The van der Waals surface area contributed by atoms with Crippen LogP contribution < -0.4 is 5.32 Å². The maximum atomic E-state index is 11.1. The maximum Gasteiger partial charge on any atom is 0.335 e. The van der Waals surface area contributed by atoms with Crippen LogP contribution in [0.3, 0.4) is 0 Å². The van der Waals surface area contributed by atoms with Gasteiger partial charge >= 0.3 is 5.97 Å². The Hall–Kier alpha value is -2.93. The number of carboxylic acids is 1. The van der Waals surface area contributed by atoms with E-state index in [0.29, 0.717) is 23.9 Å². The average Bonchev–Trinajstić information content (AvgIpc) is 2.67. The minimum Gasteiger partial charge on any atom is -0.478 e. The number of nitrogens with zero attached hydrogens (tertiary/aromatic N) is 3. The first kappa shape index (κ1) is 16.9. The largest absolute Gasteiger partial charge is 0.478 e. The zero-order valence-corrected chi connectivity index (χ0v) is 14.3. The van der Waals surface area contributed by atoms with E-state index in [4.69, 9.17) is 5.11 Å². The van der Waals surface area contributed by atoms with E-state index < -0.39 is 5.97 Å². The Morgan fingerprint density at radius 3 is 2.76 bits per heavy atom. The summed E-state index contributed by atoms with van der Waals surface area (Å²) in [5.74, 6) is -0.528. The highest BCUT2D eigenvalue weighted by Crippen LogP contribution is 2.18. The van der Waals surface area contributed by atoms with E-state index in [0.717, 1.165) is 5.56 Å². The molecule has 0 saturated heterocycles. The van der Waals surface area contributed by atoms with Crippen molar-refractivity contribution in [3.63, 3.8) is 0 Å². The van der Waals surface area contributed by atoms with Crippen LogP contribution >= 0.6 is 11.8 Å². The number of carboxylic acid groups (broad SMARTS) is 1. The number of aromatic carboxylic acids is 1. The number of pyridine rings is 1. The van der Waals surface area contributed by atoms with E-state index in [-0.39, 0.29) is 5.56 Å². The number of aromatic nitrogens is 3. The van der Waals surface area contributed by atoms with E-state index in [1.807, 2.05) is 18.4 Å². The van der Waals surface area contributed by atoms with Crippen molar-refractivity contribution in [1.29, 1.82) is 0 Å². The van der Waals surface area contributed by atoms with Gasteiger partial charge in [0.05, 0.1) is 17.0 Å². The fourth-order valence-electron chi connectivity index (χ4n) is 2.25. The van der Waals surface area contributed by atoms with Crippen LogP contribution in [0.2, 0.25) is 0 Å². The van der Waals surface area contributed by atoms with Gasteiger partial charge in [-0.05, 0) is 42.2 Å². The Morgan fingerprint density at radius 1 is 1.12 bits per heavy atom. The second-order valence-electron chi connectivity index (χ2n) is 5.21. The number of thioether (sulfide) groups is 1. The zero-order valence-electron chi connectivity index (χ0n) is 13.5. The van der Waals surface area contributed by atoms with Crippen molar-refractivity contribution >= 4 is 23.7 Å². The van der Waals surface area contributed by atoms with Gasteiger partial charge in [-0.15, -0.1) is 11.8 Å². The summed E-state index contributed by atoms with van der Waals surface area (Å²) in [7, 11) is 0. The monoisotopic (exact) mass is 352 g/mol. The number of nitrogens with one attached hydrogen (secondary N) is 1. The summed E-state index contributed by atoms with van der Waals surface area (Å²) in [6.07, 6.45) is 5.12. The third kappa shape index (κ3) is 4.33. The second-order valence-corrected chi connectivity index (χ2v) is 6.09. The molecule has 0 atom stereocenters. The SMILES string of the molecule is CSc1cccc(CNc2nccc(-c3cc(C(=O)O)ccn3)n2)c1. The van der Waals surface area contributed by atoms with Crippen LogP contribution in [0.25, 0.3) is 11.4 Å². The molecule has 2 aromatic heterocycles. The van der Waals surface area contributed by atoms with Gasteiger partial charge in [0.15, 0.2) is 0 Å². The summed E-state index contributed by atoms with van der Waals surface area (Å²) < 4.78 is 0. The first-order chi connectivity index (χ1) is 12.2. The van der Waals surface area contributed by atoms with Crippen molar-refractivity contribution < 1.29 is 9.90 Å². The van der Waals surface area contributed by atoms with E-state index in [1.165, 1.54) is 23.2 Å². The van der Waals surface area contributed by atoms with Crippen molar-refractivity contribution in [2.45, 2.75) is 11.4 Å². The number of rotatable bonds is 6. The molecule has 1 aromatic carbocycles. The predicted octanol–water partition coefficient (Wildman–Crippen LogP) is 3.57. The van der Waals surface area contributed by atoms with Crippen LogP contribution in [0.15, 0.2) is 59.8 Å². The van der Waals surface area contributed by atoms with E-state index in [9.17, 15) is 4.79 Å².